The van der Waals surface area contributed by atoms with Crippen LogP contribution in [0.5, 0.6) is 11.5 Å². The number of hydrogen-bond acceptors (Lipinski definition) is 4. The maximum atomic E-state index is 13.0. The molecule has 0 aliphatic carbocycles. The number of anilines is 1. The second-order valence-corrected chi connectivity index (χ2v) is 7.19. The van der Waals surface area contributed by atoms with Gasteiger partial charge in [-0.25, -0.2) is 0 Å². The van der Waals surface area contributed by atoms with E-state index in [0.717, 1.165) is 44.3 Å². The van der Waals surface area contributed by atoms with Crippen LogP contribution in [-0.2, 0) is 4.79 Å². The molecule has 1 fully saturated rings. The first-order chi connectivity index (χ1) is 14.6. The van der Waals surface area contributed by atoms with Crippen LogP contribution in [-0.4, -0.2) is 44.0 Å². The summed E-state index contributed by atoms with van der Waals surface area (Å²) < 4.78 is 10.5. The maximum absolute atomic E-state index is 13.0. The highest BCUT2D eigenvalue weighted by atomic mass is 16.5. The third kappa shape index (κ3) is 5.41. The van der Waals surface area contributed by atoms with E-state index in [0.29, 0.717) is 22.7 Å². The molecule has 0 radical (unpaired) electrons. The number of rotatable bonds is 6. The van der Waals surface area contributed by atoms with E-state index in [2.05, 4.69) is 5.32 Å². The first-order valence-corrected chi connectivity index (χ1v) is 10.2. The second-order valence-electron chi connectivity index (χ2n) is 7.19. The van der Waals surface area contributed by atoms with E-state index >= 15 is 0 Å². The Labute approximate surface area is 177 Å². The van der Waals surface area contributed by atoms with E-state index in [1.165, 1.54) is 6.08 Å². The molecule has 2 aromatic rings. The molecule has 1 aliphatic heterocycles. The number of ether oxygens (including phenoxy) is 2. The number of para-hydroxylation sites is 1. The van der Waals surface area contributed by atoms with Gasteiger partial charge in [-0.3, -0.25) is 9.59 Å². The molecule has 3 rings (SSSR count). The molecule has 6 nitrogen and oxygen atoms in total. The topological polar surface area (TPSA) is 67.9 Å². The van der Waals surface area contributed by atoms with Gasteiger partial charge in [0.05, 0.1) is 25.5 Å². The zero-order valence-corrected chi connectivity index (χ0v) is 17.5. The van der Waals surface area contributed by atoms with Crippen molar-refractivity contribution >= 4 is 23.6 Å². The molecule has 1 saturated heterocycles. The van der Waals surface area contributed by atoms with Crippen molar-refractivity contribution < 1.29 is 19.1 Å². The third-order valence-electron chi connectivity index (χ3n) is 5.14. The highest BCUT2D eigenvalue weighted by Crippen LogP contribution is 2.28. The largest absolute Gasteiger partial charge is 0.493 e. The average molecular weight is 408 g/mol. The Morgan fingerprint density at radius 1 is 0.933 bits per heavy atom. The van der Waals surface area contributed by atoms with Gasteiger partial charge in [0.15, 0.2) is 11.5 Å². The van der Waals surface area contributed by atoms with E-state index < -0.39 is 0 Å². The highest BCUT2D eigenvalue weighted by molar-refractivity contribution is 6.07. The predicted molar refractivity (Wildman–Crippen MR) is 118 cm³/mol. The number of nitrogens with zero attached hydrogens (tertiary/aromatic N) is 1. The molecule has 0 atom stereocenters. The van der Waals surface area contributed by atoms with Gasteiger partial charge < -0.3 is 19.7 Å². The summed E-state index contributed by atoms with van der Waals surface area (Å²) in [6.07, 6.45) is 7.49. The number of nitrogens with one attached hydrogen (secondary N) is 1. The van der Waals surface area contributed by atoms with Crippen molar-refractivity contribution in [1.29, 1.82) is 0 Å². The Hall–Kier alpha value is -3.28. The zero-order valence-electron chi connectivity index (χ0n) is 17.5. The van der Waals surface area contributed by atoms with Crippen molar-refractivity contribution in [3.8, 4) is 11.5 Å². The Bertz CT molecular complexity index is 915. The molecular formula is C24H28N2O4. The SMILES string of the molecule is COc1ccc(C=CC(=O)Nc2ccccc2C(=O)N2CCCCCC2)cc1OC. The van der Waals surface area contributed by atoms with Gasteiger partial charge in [0.25, 0.3) is 5.91 Å². The van der Waals surface area contributed by atoms with Gasteiger partial charge in [-0.15, -0.1) is 0 Å². The van der Waals surface area contributed by atoms with Crippen LogP contribution in [0, 0.1) is 0 Å². The summed E-state index contributed by atoms with van der Waals surface area (Å²) in [4.78, 5) is 27.4. The number of likely N-dealkylation sites (tertiary alicyclic amines) is 1. The Kier molecular flexibility index (Phi) is 7.49. The average Bonchev–Trinajstić information content (AvgIpc) is 3.07. The van der Waals surface area contributed by atoms with E-state index in [-0.39, 0.29) is 11.8 Å². The van der Waals surface area contributed by atoms with Crippen LogP contribution in [0.25, 0.3) is 6.08 Å². The van der Waals surface area contributed by atoms with Crippen LogP contribution in [0.3, 0.4) is 0 Å². The van der Waals surface area contributed by atoms with Crippen LogP contribution in [0.2, 0.25) is 0 Å². The van der Waals surface area contributed by atoms with Crippen molar-refractivity contribution in [3.05, 3.63) is 59.7 Å². The maximum Gasteiger partial charge on any atom is 0.255 e. The van der Waals surface area contributed by atoms with E-state index in [9.17, 15) is 9.59 Å². The fourth-order valence-electron chi connectivity index (χ4n) is 3.53. The number of carbonyl (C=O) groups excluding carboxylic acids is 2. The minimum absolute atomic E-state index is 0.0309. The summed E-state index contributed by atoms with van der Waals surface area (Å²) in [5.41, 5.74) is 1.85. The Balaban J connectivity index is 1.71. The number of benzene rings is 2. The van der Waals surface area contributed by atoms with Gasteiger partial charge in [0.2, 0.25) is 5.91 Å². The molecule has 158 valence electrons. The minimum atomic E-state index is -0.305. The highest BCUT2D eigenvalue weighted by Gasteiger charge is 2.20. The molecule has 1 N–H and O–H groups in total. The fourth-order valence-corrected chi connectivity index (χ4v) is 3.53. The van der Waals surface area contributed by atoms with Crippen molar-refractivity contribution in [2.45, 2.75) is 25.7 Å². The number of carbonyl (C=O) groups is 2. The van der Waals surface area contributed by atoms with Crippen molar-refractivity contribution in [1.82, 2.24) is 4.90 Å². The fraction of sp³-hybridized carbons (Fsp3) is 0.333. The molecule has 0 spiro atoms. The van der Waals surface area contributed by atoms with Crippen LogP contribution in [0.1, 0.15) is 41.6 Å². The Morgan fingerprint density at radius 2 is 1.63 bits per heavy atom. The standard InChI is InChI=1S/C24H28N2O4/c1-29-21-13-11-18(17-22(21)30-2)12-14-23(27)25-20-10-6-5-9-19(20)24(28)26-15-7-3-4-8-16-26/h5-6,9-14,17H,3-4,7-8,15-16H2,1-2H3,(H,25,27). The van der Waals surface area contributed by atoms with Crippen LogP contribution >= 0.6 is 0 Å². The third-order valence-corrected chi connectivity index (χ3v) is 5.14. The molecular weight excluding hydrogens is 380 g/mol. The molecule has 0 aromatic heterocycles. The predicted octanol–water partition coefficient (Wildman–Crippen LogP) is 4.37. The van der Waals surface area contributed by atoms with Gasteiger partial charge in [0, 0.05) is 19.2 Å². The van der Waals surface area contributed by atoms with E-state index in [4.69, 9.17) is 9.47 Å². The normalized spacial score (nSPS) is 14.3. The quantitative estimate of drug-likeness (QED) is 0.721. The second kappa shape index (κ2) is 10.5. The summed E-state index contributed by atoms with van der Waals surface area (Å²) >= 11 is 0. The molecule has 0 bridgehead atoms. The number of amides is 2. The summed E-state index contributed by atoms with van der Waals surface area (Å²) in [6, 6.07) is 12.6. The van der Waals surface area contributed by atoms with Crippen LogP contribution < -0.4 is 14.8 Å². The summed E-state index contributed by atoms with van der Waals surface area (Å²) in [7, 11) is 3.14. The molecule has 30 heavy (non-hydrogen) atoms. The van der Waals surface area contributed by atoms with Crippen molar-refractivity contribution in [2.24, 2.45) is 0 Å². The minimum Gasteiger partial charge on any atom is -0.493 e. The molecule has 1 heterocycles. The first kappa shape index (κ1) is 21.4. The lowest BCUT2D eigenvalue weighted by Crippen LogP contribution is -2.32. The smallest absolute Gasteiger partial charge is 0.255 e. The van der Waals surface area contributed by atoms with Gasteiger partial charge in [0.1, 0.15) is 0 Å². The molecule has 0 unspecified atom stereocenters. The molecule has 1 aliphatic rings. The summed E-state index contributed by atoms with van der Waals surface area (Å²) in [6.45, 7) is 1.53. The van der Waals surface area contributed by atoms with Gasteiger partial charge >= 0.3 is 0 Å². The lowest BCUT2D eigenvalue weighted by atomic mass is 10.1. The summed E-state index contributed by atoms with van der Waals surface area (Å²) in [5, 5.41) is 2.84. The lowest BCUT2D eigenvalue weighted by molar-refractivity contribution is -0.111. The van der Waals surface area contributed by atoms with Crippen molar-refractivity contribution in [2.75, 3.05) is 32.6 Å². The van der Waals surface area contributed by atoms with Gasteiger partial charge in [-0.2, -0.15) is 0 Å². The molecule has 2 amide bonds. The summed E-state index contributed by atoms with van der Waals surface area (Å²) in [5.74, 6) is 0.881. The Morgan fingerprint density at radius 3 is 2.33 bits per heavy atom. The van der Waals surface area contributed by atoms with Gasteiger partial charge in [-0.05, 0) is 48.7 Å². The van der Waals surface area contributed by atoms with E-state index in [1.807, 2.05) is 23.1 Å². The monoisotopic (exact) mass is 408 g/mol. The lowest BCUT2D eigenvalue weighted by Gasteiger charge is -2.21. The van der Waals surface area contributed by atoms with Crippen LogP contribution in [0.15, 0.2) is 48.5 Å². The van der Waals surface area contributed by atoms with Crippen molar-refractivity contribution in [3.63, 3.8) is 0 Å². The van der Waals surface area contributed by atoms with Gasteiger partial charge in [-0.1, -0.05) is 31.0 Å². The first-order valence-electron chi connectivity index (χ1n) is 10.2. The zero-order chi connectivity index (χ0) is 21.3. The number of hydrogen-bond donors (Lipinski definition) is 1. The van der Waals surface area contributed by atoms with Crippen LogP contribution in [0.4, 0.5) is 5.69 Å². The molecule has 6 heteroatoms. The van der Waals surface area contributed by atoms with E-state index in [1.54, 1.807) is 44.6 Å². The number of methoxy groups -OCH3 is 2. The molecule has 0 saturated carbocycles. The molecule has 2 aromatic carbocycles.